The van der Waals surface area contributed by atoms with Gasteiger partial charge in [0.15, 0.2) is 5.11 Å². The van der Waals surface area contributed by atoms with Crippen molar-refractivity contribution in [2.75, 3.05) is 7.11 Å². The number of rotatable bonds is 2. The van der Waals surface area contributed by atoms with E-state index in [1.807, 2.05) is 0 Å². The third-order valence-electron chi connectivity index (χ3n) is 2.20. The first-order valence-corrected chi connectivity index (χ1v) is 4.48. The maximum Gasteiger partial charge on any atom is 0.180 e. The minimum atomic E-state index is 0.274. The maximum absolute atomic E-state index is 5.28. The van der Waals surface area contributed by atoms with Crippen molar-refractivity contribution in [1.82, 2.24) is 10.7 Å². The summed E-state index contributed by atoms with van der Waals surface area (Å²) in [5.41, 5.74) is 2.40. The molecule has 0 aromatic rings. The van der Waals surface area contributed by atoms with Crippen LogP contribution in [0.15, 0.2) is 0 Å². The van der Waals surface area contributed by atoms with E-state index in [2.05, 4.69) is 10.7 Å². The second-order valence-electron chi connectivity index (χ2n) is 2.93. The molecule has 1 aliphatic carbocycles. The molecule has 1 rings (SSSR count). The molecule has 1 saturated carbocycles. The van der Waals surface area contributed by atoms with Crippen LogP contribution in [0.4, 0.5) is 0 Å². The SMILES string of the molecule is COC1CCCC1NC(=S)NN. The van der Waals surface area contributed by atoms with E-state index in [4.69, 9.17) is 22.8 Å². The normalized spacial score (nSPS) is 28.5. The van der Waals surface area contributed by atoms with Crippen LogP contribution < -0.4 is 16.6 Å². The lowest BCUT2D eigenvalue weighted by Gasteiger charge is -2.20. The van der Waals surface area contributed by atoms with Gasteiger partial charge in [0, 0.05) is 7.11 Å². The first-order chi connectivity index (χ1) is 5.77. The summed E-state index contributed by atoms with van der Waals surface area (Å²) in [5.74, 6) is 5.14. The van der Waals surface area contributed by atoms with Crippen molar-refractivity contribution in [2.24, 2.45) is 5.84 Å². The van der Waals surface area contributed by atoms with Crippen molar-refractivity contribution >= 4 is 17.3 Å². The molecule has 2 unspecified atom stereocenters. The molecule has 0 aromatic carbocycles. The third-order valence-corrected chi connectivity index (χ3v) is 2.44. The van der Waals surface area contributed by atoms with E-state index in [0.29, 0.717) is 11.2 Å². The maximum atomic E-state index is 5.28. The van der Waals surface area contributed by atoms with E-state index in [9.17, 15) is 0 Å². The molecule has 0 aromatic heterocycles. The minimum Gasteiger partial charge on any atom is -0.379 e. The number of hydrazine groups is 1. The molecule has 0 aliphatic heterocycles. The molecule has 0 radical (unpaired) electrons. The van der Waals surface area contributed by atoms with E-state index in [1.165, 1.54) is 6.42 Å². The number of hydrogen-bond donors (Lipinski definition) is 3. The molecular weight excluding hydrogens is 174 g/mol. The van der Waals surface area contributed by atoms with Crippen LogP contribution in [0.25, 0.3) is 0 Å². The topological polar surface area (TPSA) is 59.3 Å². The van der Waals surface area contributed by atoms with Gasteiger partial charge in [0.1, 0.15) is 0 Å². The fourth-order valence-electron chi connectivity index (χ4n) is 1.58. The molecule has 2 atom stereocenters. The highest BCUT2D eigenvalue weighted by Gasteiger charge is 2.27. The van der Waals surface area contributed by atoms with Gasteiger partial charge in [-0.2, -0.15) is 0 Å². The summed E-state index contributed by atoms with van der Waals surface area (Å²) in [7, 11) is 1.73. The average Bonchev–Trinajstić information content (AvgIpc) is 2.51. The monoisotopic (exact) mass is 189 g/mol. The third kappa shape index (κ3) is 2.30. The second kappa shape index (κ2) is 4.59. The summed E-state index contributed by atoms with van der Waals surface area (Å²) < 4.78 is 5.28. The van der Waals surface area contributed by atoms with Crippen LogP contribution in [0.2, 0.25) is 0 Å². The molecule has 1 fully saturated rings. The van der Waals surface area contributed by atoms with Crippen LogP contribution in [0.3, 0.4) is 0 Å². The van der Waals surface area contributed by atoms with Crippen LogP contribution in [0.5, 0.6) is 0 Å². The smallest absolute Gasteiger partial charge is 0.180 e. The predicted molar refractivity (Wildman–Crippen MR) is 51.5 cm³/mol. The number of ether oxygens (including phenoxy) is 1. The molecule has 0 bridgehead atoms. The predicted octanol–water partition coefficient (Wildman–Crippen LogP) is -0.108. The van der Waals surface area contributed by atoms with Crippen LogP contribution in [0, 0.1) is 0 Å². The van der Waals surface area contributed by atoms with Gasteiger partial charge in [0.2, 0.25) is 0 Å². The summed E-state index contributed by atoms with van der Waals surface area (Å²) in [6.07, 6.45) is 3.65. The lowest BCUT2D eigenvalue weighted by molar-refractivity contribution is 0.0907. The summed E-state index contributed by atoms with van der Waals surface area (Å²) in [4.78, 5) is 0. The lowest BCUT2D eigenvalue weighted by Crippen LogP contribution is -2.47. The standard InChI is InChI=1S/C7H15N3OS/c1-11-6-4-2-3-5(6)9-7(12)10-8/h5-6H,2-4,8H2,1H3,(H2,9,10,12). The molecule has 12 heavy (non-hydrogen) atoms. The van der Waals surface area contributed by atoms with Crippen LogP contribution >= 0.6 is 12.2 Å². The molecule has 0 amide bonds. The molecule has 4 N–H and O–H groups in total. The molecule has 0 saturated heterocycles. The first kappa shape index (κ1) is 9.70. The van der Waals surface area contributed by atoms with Gasteiger partial charge < -0.3 is 15.5 Å². The number of nitrogens with one attached hydrogen (secondary N) is 2. The Morgan fingerprint density at radius 2 is 2.33 bits per heavy atom. The molecule has 0 spiro atoms. The zero-order valence-corrected chi connectivity index (χ0v) is 7.99. The molecule has 70 valence electrons. The van der Waals surface area contributed by atoms with Crippen molar-refractivity contribution in [2.45, 2.75) is 31.4 Å². The van der Waals surface area contributed by atoms with E-state index in [1.54, 1.807) is 7.11 Å². The van der Waals surface area contributed by atoms with Crippen molar-refractivity contribution in [1.29, 1.82) is 0 Å². The zero-order valence-electron chi connectivity index (χ0n) is 7.17. The first-order valence-electron chi connectivity index (χ1n) is 4.08. The molecule has 5 heteroatoms. The number of methoxy groups -OCH3 is 1. The second-order valence-corrected chi connectivity index (χ2v) is 3.34. The summed E-state index contributed by atoms with van der Waals surface area (Å²) in [5, 5.41) is 3.59. The molecule has 4 nitrogen and oxygen atoms in total. The summed E-state index contributed by atoms with van der Waals surface area (Å²) in [6.45, 7) is 0. The van der Waals surface area contributed by atoms with Crippen molar-refractivity contribution in [3.05, 3.63) is 0 Å². The molecular formula is C7H15N3OS. The van der Waals surface area contributed by atoms with Gasteiger partial charge in [0.25, 0.3) is 0 Å². The van der Waals surface area contributed by atoms with Crippen molar-refractivity contribution < 1.29 is 4.74 Å². The summed E-state index contributed by atoms with van der Waals surface area (Å²) in [6, 6.07) is 0.318. The lowest BCUT2D eigenvalue weighted by atomic mass is 10.2. The van der Waals surface area contributed by atoms with Gasteiger partial charge in [0.05, 0.1) is 12.1 Å². The van der Waals surface area contributed by atoms with Gasteiger partial charge in [-0.3, -0.25) is 0 Å². The Labute approximate surface area is 77.8 Å². The fraction of sp³-hybridized carbons (Fsp3) is 0.857. The molecule has 1 aliphatic rings. The Morgan fingerprint density at radius 3 is 2.92 bits per heavy atom. The van der Waals surface area contributed by atoms with Gasteiger partial charge in [-0.05, 0) is 31.5 Å². The highest BCUT2D eigenvalue weighted by molar-refractivity contribution is 7.80. The van der Waals surface area contributed by atoms with Gasteiger partial charge in [-0.1, -0.05) is 0 Å². The highest BCUT2D eigenvalue weighted by Crippen LogP contribution is 2.21. The van der Waals surface area contributed by atoms with Gasteiger partial charge >= 0.3 is 0 Å². The van der Waals surface area contributed by atoms with E-state index in [-0.39, 0.29) is 6.10 Å². The Hall–Kier alpha value is -0.390. The average molecular weight is 189 g/mol. The number of hydrogen-bond acceptors (Lipinski definition) is 3. The Bertz CT molecular complexity index is 165. The van der Waals surface area contributed by atoms with Crippen molar-refractivity contribution in [3.63, 3.8) is 0 Å². The molecule has 0 heterocycles. The summed E-state index contributed by atoms with van der Waals surface area (Å²) >= 11 is 4.89. The van der Waals surface area contributed by atoms with E-state index in [0.717, 1.165) is 12.8 Å². The van der Waals surface area contributed by atoms with Crippen LogP contribution in [-0.2, 0) is 4.74 Å². The van der Waals surface area contributed by atoms with Crippen LogP contribution in [-0.4, -0.2) is 24.4 Å². The highest BCUT2D eigenvalue weighted by atomic mass is 32.1. The van der Waals surface area contributed by atoms with Gasteiger partial charge in [-0.15, -0.1) is 0 Å². The number of nitrogens with two attached hydrogens (primary N) is 1. The zero-order chi connectivity index (χ0) is 8.97. The van der Waals surface area contributed by atoms with Crippen LogP contribution in [0.1, 0.15) is 19.3 Å². The number of thiocarbonyl (C=S) groups is 1. The quantitative estimate of drug-likeness (QED) is 0.321. The Balaban J connectivity index is 2.35. The fourth-order valence-corrected chi connectivity index (χ4v) is 1.73. The van der Waals surface area contributed by atoms with Gasteiger partial charge in [-0.25, -0.2) is 5.84 Å². The van der Waals surface area contributed by atoms with E-state index >= 15 is 0 Å². The minimum absolute atomic E-state index is 0.274. The Kier molecular flexibility index (Phi) is 3.71. The Morgan fingerprint density at radius 1 is 1.58 bits per heavy atom. The largest absolute Gasteiger partial charge is 0.379 e. The van der Waals surface area contributed by atoms with Crippen molar-refractivity contribution in [3.8, 4) is 0 Å². The van der Waals surface area contributed by atoms with E-state index < -0.39 is 0 Å².